The van der Waals surface area contributed by atoms with E-state index in [0.717, 1.165) is 32.0 Å². The molecule has 3 heterocycles. The van der Waals surface area contributed by atoms with Gasteiger partial charge in [-0.2, -0.15) is 4.91 Å². The van der Waals surface area contributed by atoms with Crippen LogP contribution in [0.25, 0.3) is 20.9 Å². The summed E-state index contributed by atoms with van der Waals surface area (Å²) in [6, 6.07) is 7.49. The van der Waals surface area contributed by atoms with Crippen LogP contribution in [0.15, 0.2) is 48.0 Å². The Hall–Kier alpha value is -2.73. The zero-order valence-corrected chi connectivity index (χ0v) is 14.1. The predicted molar refractivity (Wildman–Crippen MR) is 95.0 cm³/mol. The van der Waals surface area contributed by atoms with Crippen molar-refractivity contribution in [3.8, 4) is 20.9 Å². The molecule has 6 heteroatoms. The van der Waals surface area contributed by atoms with Crippen molar-refractivity contribution >= 4 is 17.1 Å². The second-order valence-electron chi connectivity index (χ2n) is 5.37. The summed E-state index contributed by atoms with van der Waals surface area (Å²) in [4.78, 5) is 32.6. The standard InChI is InChI=1S/C18H15N3O2S/c1-11-15(10-21-23)18(13-3-6-19-7-4-13)24-17(11)14-5-8-20-16(9-14)12(2)22/h3-9H,10H2,1-2H3. The maximum atomic E-state index is 11.6. The topological polar surface area (TPSA) is 72.3 Å². The smallest absolute Gasteiger partial charge is 0.178 e. The average molecular weight is 337 g/mol. The summed E-state index contributed by atoms with van der Waals surface area (Å²) >= 11 is 1.59. The Morgan fingerprint density at radius 3 is 2.50 bits per heavy atom. The summed E-state index contributed by atoms with van der Waals surface area (Å²) in [6.07, 6.45) is 5.08. The maximum Gasteiger partial charge on any atom is 0.178 e. The van der Waals surface area contributed by atoms with Gasteiger partial charge < -0.3 is 0 Å². The highest BCUT2D eigenvalue weighted by molar-refractivity contribution is 7.19. The van der Waals surface area contributed by atoms with Crippen LogP contribution in [0.1, 0.15) is 28.5 Å². The number of carbonyl (C=O) groups excluding carboxylic acids is 1. The van der Waals surface area contributed by atoms with Gasteiger partial charge in [0.1, 0.15) is 12.2 Å². The minimum Gasteiger partial charge on any atom is -0.293 e. The van der Waals surface area contributed by atoms with E-state index in [1.807, 2.05) is 25.1 Å². The second kappa shape index (κ2) is 6.80. The third-order valence-electron chi connectivity index (χ3n) is 3.82. The lowest BCUT2D eigenvalue weighted by Gasteiger charge is -2.02. The van der Waals surface area contributed by atoms with E-state index in [0.29, 0.717) is 5.69 Å². The largest absolute Gasteiger partial charge is 0.293 e. The molecular weight excluding hydrogens is 322 g/mol. The fourth-order valence-electron chi connectivity index (χ4n) is 2.58. The quantitative estimate of drug-likeness (QED) is 0.502. The third-order valence-corrected chi connectivity index (χ3v) is 5.25. The highest BCUT2D eigenvalue weighted by atomic mass is 32.1. The SMILES string of the molecule is CC(=O)c1cc(-c2sc(-c3ccncc3)c(CN=O)c2C)ccn1. The van der Waals surface area contributed by atoms with Gasteiger partial charge in [-0.25, -0.2) is 0 Å². The van der Waals surface area contributed by atoms with E-state index in [9.17, 15) is 9.70 Å². The zero-order chi connectivity index (χ0) is 17.1. The Labute approximate surface area is 143 Å². The van der Waals surface area contributed by atoms with Gasteiger partial charge in [0.05, 0.1) is 0 Å². The minimum atomic E-state index is -0.0739. The van der Waals surface area contributed by atoms with Gasteiger partial charge in [-0.15, -0.1) is 11.3 Å². The number of nitroso groups, excluding NO2 is 1. The maximum absolute atomic E-state index is 11.6. The van der Waals surface area contributed by atoms with E-state index in [2.05, 4.69) is 15.1 Å². The number of hydrogen-bond acceptors (Lipinski definition) is 6. The first kappa shape index (κ1) is 16.1. The molecule has 0 aliphatic carbocycles. The molecule has 0 saturated heterocycles. The van der Waals surface area contributed by atoms with Gasteiger partial charge >= 0.3 is 0 Å². The van der Waals surface area contributed by atoms with Crippen molar-refractivity contribution in [2.75, 3.05) is 0 Å². The highest BCUT2D eigenvalue weighted by Crippen LogP contribution is 2.42. The molecule has 3 aromatic rings. The number of thiophene rings is 1. The molecule has 0 bridgehead atoms. The zero-order valence-electron chi connectivity index (χ0n) is 13.3. The van der Waals surface area contributed by atoms with Gasteiger partial charge in [-0.3, -0.25) is 14.8 Å². The monoisotopic (exact) mass is 337 g/mol. The number of carbonyl (C=O) groups is 1. The van der Waals surface area contributed by atoms with E-state index in [4.69, 9.17) is 0 Å². The van der Waals surface area contributed by atoms with Crippen molar-refractivity contribution in [3.05, 3.63) is 64.6 Å². The summed E-state index contributed by atoms with van der Waals surface area (Å²) in [5, 5.41) is 3.08. The molecular formula is C18H15N3O2S. The van der Waals surface area contributed by atoms with Gasteiger partial charge in [0.15, 0.2) is 5.78 Å². The predicted octanol–water partition coefficient (Wildman–Crippen LogP) is 4.65. The molecule has 5 nitrogen and oxygen atoms in total. The van der Waals surface area contributed by atoms with Gasteiger partial charge in [-0.05, 0) is 53.4 Å². The summed E-state index contributed by atoms with van der Waals surface area (Å²) in [7, 11) is 0. The molecule has 0 aromatic carbocycles. The number of rotatable bonds is 5. The lowest BCUT2D eigenvalue weighted by atomic mass is 10.0. The van der Waals surface area contributed by atoms with Crippen molar-refractivity contribution in [1.82, 2.24) is 9.97 Å². The van der Waals surface area contributed by atoms with Gasteiger partial charge in [0.25, 0.3) is 0 Å². The van der Waals surface area contributed by atoms with Crippen LogP contribution in [-0.2, 0) is 6.54 Å². The molecule has 0 aliphatic heterocycles. The van der Waals surface area contributed by atoms with Crippen molar-refractivity contribution in [2.24, 2.45) is 5.18 Å². The van der Waals surface area contributed by atoms with Crippen molar-refractivity contribution in [3.63, 3.8) is 0 Å². The number of nitrogens with zero attached hydrogens (tertiary/aromatic N) is 3. The summed E-state index contributed by atoms with van der Waals surface area (Å²) in [5.41, 5.74) is 4.28. The molecule has 0 amide bonds. The van der Waals surface area contributed by atoms with Crippen LogP contribution in [0.4, 0.5) is 0 Å². The molecule has 0 saturated carbocycles. The van der Waals surface area contributed by atoms with Gasteiger partial charge in [0.2, 0.25) is 0 Å². The number of Topliss-reactive ketones (excluding diaryl/α,β-unsaturated/α-hetero) is 1. The average Bonchev–Trinajstić information content (AvgIpc) is 2.93. The van der Waals surface area contributed by atoms with Gasteiger partial charge in [-0.1, -0.05) is 5.18 Å². The first-order chi connectivity index (χ1) is 11.6. The molecule has 120 valence electrons. The number of hydrogen-bond donors (Lipinski definition) is 0. The Bertz CT molecular complexity index is 904. The molecule has 3 aromatic heterocycles. The number of aromatic nitrogens is 2. The molecule has 0 spiro atoms. The molecule has 24 heavy (non-hydrogen) atoms. The summed E-state index contributed by atoms with van der Waals surface area (Å²) in [6.45, 7) is 3.59. The Kier molecular flexibility index (Phi) is 4.57. The lowest BCUT2D eigenvalue weighted by Crippen LogP contribution is -1.96. The van der Waals surface area contributed by atoms with Crippen LogP contribution < -0.4 is 0 Å². The molecule has 0 aliphatic rings. The Morgan fingerprint density at radius 2 is 1.83 bits per heavy atom. The molecule has 3 rings (SSSR count). The van der Waals surface area contributed by atoms with E-state index >= 15 is 0 Å². The van der Waals surface area contributed by atoms with Crippen LogP contribution in [0.5, 0.6) is 0 Å². The summed E-state index contributed by atoms with van der Waals surface area (Å²) in [5.74, 6) is -0.0739. The molecule has 0 N–H and O–H groups in total. The second-order valence-corrected chi connectivity index (χ2v) is 6.39. The first-order valence-electron chi connectivity index (χ1n) is 7.41. The van der Waals surface area contributed by atoms with E-state index in [1.54, 1.807) is 36.0 Å². The first-order valence-corrected chi connectivity index (χ1v) is 8.22. The van der Waals surface area contributed by atoms with Crippen LogP contribution in [-0.4, -0.2) is 15.8 Å². The molecule has 0 radical (unpaired) electrons. The van der Waals surface area contributed by atoms with Crippen molar-refractivity contribution in [2.45, 2.75) is 20.4 Å². The van der Waals surface area contributed by atoms with E-state index in [1.165, 1.54) is 6.92 Å². The van der Waals surface area contributed by atoms with Crippen LogP contribution in [0, 0.1) is 11.8 Å². The van der Waals surface area contributed by atoms with Crippen LogP contribution in [0.2, 0.25) is 0 Å². The van der Waals surface area contributed by atoms with Gasteiger partial charge in [0, 0.05) is 35.3 Å². The van der Waals surface area contributed by atoms with Crippen molar-refractivity contribution in [1.29, 1.82) is 0 Å². The Balaban J connectivity index is 2.18. The van der Waals surface area contributed by atoms with E-state index < -0.39 is 0 Å². The number of pyridine rings is 2. The molecule has 0 fully saturated rings. The fraction of sp³-hybridized carbons (Fsp3) is 0.167. The van der Waals surface area contributed by atoms with Crippen LogP contribution >= 0.6 is 11.3 Å². The molecule has 0 atom stereocenters. The minimum absolute atomic E-state index is 0.0739. The summed E-state index contributed by atoms with van der Waals surface area (Å²) < 4.78 is 0. The van der Waals surface area contributed by atoms with E-state index in [-0.39, 0.29) is 12.3 Å². The number of ketones is 1. The molecule has 0 unspecified atom stereocenters. The fourth-order valence-corrected chi connectivity index (χ4v) is 3.90. The highest BCUT2D eigenvalue weighted by Gasteiger charge is 2.18. The van der Waals surface area contributed by atoms with Crippen molar-refractivity contribution < 1.29 is 4.79 Å². The third kappa shape index (κ3) is 3.00. The lowest BCUT2D eigenvalue weighted by molar-refractivity contribution is 0.101. The normalized spacial score (nSPS) is 10.6. The van der Waals surface area contributed by atoms with Crippen LogP contribution in [0.3, 0.4) is 0 Å². The Morgan fingerprint density at radius 1 is 1.12 bits per heavy atom.